The molecule has 0 radical (unpaired) electrons. The van der Waals surface area contributed by atoms with Crippen molar-refractivity contribution in [3.05, 3.63) is 18.2 Å². The average Bonchev–Trinajstić information content (AvgIpc) is 3.05. The molecule has 1 aliphatic heterocycles. The third kappa shape index (κ3) is 2.04. The van der Waals surface area contributed by atoms with Crippen molar-refractivity contribution in [3.8, 4) is 0 Å². The summed E-state index contributed by atoms with van der Waals surface area (Å²) in [6, 6.07) is 0.422. The number of aromatic nitrogens is 2. The summed E-state index contributed by atoms with van der Waals surface area (Å²) in [6.07, 6.45) is 6.54. The van der Waals surface area contributed by atoms with Crippen LogP contribution >= 0.6 is 0 Å². The minimum absolute atomic E-state index is 0.226. The maximum Gasteiger partial charge on any atom is 0.237 e. The van der Waals surface area contributed by atoms with Gasteiger partial charge in [-0.3, -0.25) is 9.69 Å². The predicted octanol–water partition coefficient (Wildman–Crippen LogP) is -0.305. The Morgan fingerprint density at radius 1 is 1.58 bits per heavy atom. The van der Waals surface area contributed by atoms with Crippen LogP contribution in [0.25, 0.3) is 0 Å². The van der Waals surface area contributed by atoms with E-state index < -0.39 is 5.54 Å². The molecule has 0 spiro atoms. The zero-order valence-electron chi connectivity index (χ0n) is 11.3. The number of hydrogen-bond donors (Lipinski definition) is 2. The third-order valence-corrected chi connectivity index (χ3v) is 4.73. The van der Waals surface area contributed by atoms with Gasteiger partial charge < -0.3 is 15.6 Å². The van der Waals surface area contributed by atoms with E-state index in [2.05, 4.69) is 19.8 Å². The molecule has 1 fully saturated rings. The Morgan fingerprint density at radius 3 is 3.11 bits per heavy atom. The Labute approximate surface area is 113 Å². The summed E-state index contributed by atoms with van der Waals surface area (Å²) in [7, 11) is 1.83. The van der Waals surface area contributed by atoms with Crippen LogP contribution < -0.4 is 11.1 Å². The maximum atomic E-state index is 11.7. The van der Waals surface area contributed by atoms with Gasteiger partial charge in [0.25, 0.3) is 0 Å². The molecule has 1 aromatic heterocycles. The number of nitrogens with zero attached hydrogens (tertiary/aromatic N) is 3. The number of hydrogen-bond acceptors (Lipinski definition) is 4. The van der Waals surface area contributed by atoms with Crippen LogP contribution in [0.4, 0.5) is 0 Å². The molecule has 2 heterocycles. The number of primary amides is 1. The highest BCUT2D eigenvalue weighted by Crippen LogP contribution is 2.34. The highest BCUT2D eigenvalue weighted by atomic mass is 16.1. The third-order valence-electron chi connectivity index (χ3n) is 4.73. The van der Waals surface area contributed by atoms with Crippen LogP contribution in [0, 0.1) is 0 Å². The summed E-state index contributed by atoms with van der Waals surface area (Å²) < 4.78 is 2.20. The number of imidazole rings is 1. The first kappa shape index (κ1) is 12.6. The minimum Gasteiger partial charge on any atom is -0.368 e. The standard InChI is InChI=1S/C13H21N5O/c1-15-13(12(14)19)3-2-10(8-13)18-7-6-17-5-4-16-11(17)9-18/h4-5,10,15H,2-3,6-9H2,1H3,(H2,14,19). The summed E-state index contributed by atoms with van der Waals surface area (Å²) in [4.78, 5) is 18.5. The number of likely N-dealkylation sites (N-methyl/N-ethyl adjacent to an activating group) is 1. The number of nitrogens with one attached hydrogen (secondary N) is 1. The van der Waals surface area contributed by atoms with Gasteiger partial charge in [0.05, 0.1) is 12.1 Å². The molecule has 2 atom stereocenters. The summed E-state index contributed by atoms with van der Waals surface area (Å²) in [6.45, 7) is 2.87. The van der Waals surface area contributed by atoms with Crippen LogP contribution in [0.15, 0.2) is 12.4 Å². The fraction of sp³-hybridized carbons (Fsp3) is 0.692. The summed E-state index contributed by atoms with van der Waals surface area (Å²) >= 11 is 0. The SMILES string of the molecule is CNC1(C(N)=O)CCC(N2CCn3ccnc3C2)C1. The summed E-state index contributed by atoms with van der Waals surface area (Å²) in [5.74, 6) is 0.892. The van der Waals surface area contributed by atoms with Gasteiger partial charge in [0.1, 0.15) is 5.82 Å². The maximum absolute atomic E-state index is 11.7. The molecule has 3 rings (SSSR count). The fourth-order valence-corrected chi connectivity index (χ4v) is 3.41. The predicted molar refractivity (Wildman–Crippen MR) is 71.3 cm³/mol. The molecule has 1 amide bonds. The lowest BCUT2D eigenvalue weighted by Gasteiger charge is -2.34. The van der Waals surface area contributed by atoms with Gasteiger partial charge in [-0.2, -0.15) is 0 Å². The zero-order chi connectivity index (χ0) is 13.5. The number of amides is 1. The van der Waals surface area contributed by atoms with E-state index in [-0.39, 0.29) is 5.91 Å². The van der Waals surface area contributed by atoms with E-state index in [0.29, 0.717) is 6.04 Å². The van der Waals surface area contributed by atoms with E-state index in [9.17, 15) is 4.79 Å². The van der Waals surface area contributed by atoms with Gasteiger partial charge in [-0.05, 0) is 26.3 Å². The molecule has 1 aliphatic carbocycles. The molecule has 19 heavy (non-hydrogen) atoms. The second-order valence-electron chi connectivity index (χ2n) is 5.60. The Kier molecular flexibility index (Phi) is 3.06. The van der Waals surface area contributed by atoms with Crippen LogP contribution in [0.3, 0.4) is 0 Å². The van der Waals surface area contributed by atoms with E-state index in [4.69, 9.17) is 5.73 Å². The molecule has 1 aromatic rings. The molecule has 2 unspecified atom stereocenters. The number of carbonyl (C=O) groups excluding carboxylic acids is 1. The normalized spacial score (nSPS) is 31.3. The minimum atomic E-state index is -0.516. The van der Waals surface area contributed by atoms with Gasteiger partial charge >= 0.3 is 0 Å². The van der Waals surface area contributed by atoms with Crippen molar-refractivity contribution in [2.45, 2.75) is 43.9 Å². The molecule has 0 saturated heterocycles. The molecule has 6 heteroatoms. The first-order valence-corrected chi connectivity index (χ1v) is 6.87. The highest BCUT2D eigenvalue weighted by Gasteiger charge is 2.44. The molecule has 0 bridgehead atoms. The second-order valence-corrected chi connectivity index (χ2v) is 5.60. The van der Waals surface area contributed by atoms with Crippen molar-refractivity contribution in [1.82, 2.24) is 19.8 Å². The Hall–Kier alpha value is -1.40. The first-order chi connectivity index (χ1) is 9.14. The van der Waals surface area contributed by atoms with Gasteiger partial charge in [-0.15, -0.1) is 0 Å². The number of nitrogens with two attached hydrogens (primary N) is 1. The lowest BCUT2D eigenvalue weighted by Crippen LogP contribution is -2.53. The van der Waals surface area contributed by atoms with E-state index in [0.717, 1.165) is 44.7 Å². The molecule has 2 aliphatic rings. The van der Waals surface area contributed by atoms with Crippen molar-refractivity contribution in [2.75, 3.05) is 13.6 Å². The molecule has 6 nitrogen and oxygen atoms in total. The Balaban J connectivity index is 1.71. The molecular weight excluding hydrogens is 242 g/mol. The Morgan fingerprint density at radius 2 is 2.42 bits per heavy atom. The number of carbonyl (C=O) groups is 1. The molecule has 104 valence electrons. The lowest BCUT2D eigenvalue weighted by molar-refractivity contribution is -0.124. The second kappa shape index (κ2) is 4.61. The molecular formula is C13H21N5O. The summed E-state index contributed by atoms with van der Waals surface area (Å²) in [5.41, 5.74) is 5.04. The van der Waals surface area contributed by atoms with Crippen LogP contribution in [0.5, 0.6) is 0 Å². The van der Waals surface area contributed by atoms with Crippen LogP contribution in [0.2, 0.25) is 0 Å². The number of rotatable bonds is 3. The quantitative estimate of drug-likeness (QED) is 0.784. The van der Waals surface area contributed by atoms with Crippen LogP contribution in [-0.4, -0.2) is 45.5 Å². The van der Waals surface area contributed by atoms with Crippen LogP contribution in [-0.2, 0) is 17.9 Å². The molecule has 0 aromatic carbocycles. The first-order valence-electron chi connectivity index (χ1n) is 6.87. The highest BCUT2D eigenvalue weighted by molar-refractivity contribution is 5.85. The molecule has 1 saturated carbocycles. The van der Waals surface area contributed by atoms with Gasteiger partial charge in [-0.25, -0.2) is 4.98 Å². The summed E-state index contributed by atoms with van der Waals surface area (Å²) in [5, 5.41) is 3.14. The monoisotopic (exact) mass is 263 g/mol. The van der Waals surface area contributed by atoms with Crippen molar-refractivity contribution in [2.24, 2.45) is 5.73 Å². The van der Waals surface area contributed by atoms with Crippen molar-refractivity contribution in [3.63, 3.8) is 0 Å². The molecule has 3 N–H and O–H groups in total. The van der Waals surface area contributed by atoms with Crippen LogP contribution in [0.1, 0.15) is 25.1 Å². The largest absolute Gasteiger partial charge is 0.368 e. The van der Waals surface area contributed by atoms with E-state index in [1.165, 1.54) is 0 Å². The Bertz CT molecular complexity index is 485. The van der Waals surface area contributed by atoms with Gasteiger partial charge in [-0.1, -0.05) is 0 Å². The van der Waals surface area contributed by atoms with E-state index >= 15 is 0 Å². The van der Waals surface area contributed by atoms with Gasteiger partial charge in [0, 0.05) is 31.5 Å². The topological polar surface area (TPSA) is 76.2 Å². The van der Waals surface area contributed by atoms with E-state index in [1.807, 2.05) is 19.4 Å². The lowest BCUT2D eigenvalue weighted by atomic mass is 9.96. The van der Waals surface area contributed by atoms with Crippen molar-refractivity contribution < 1.29 is 4.79 Å². The zero-order valence-corrected chi connectivity index (χ0v) is 11.3. The fourth-order valence-electron chi connectivity index (χ4n) is 3.41. The van der Waals surface area contributed by atoms with Crippen molar-refractivity contribution >= 4 is 5.91 Å². The van der Waals surface area contributed by atoms with E-state index in [1.54, 1.807) is 0 Å². The van der Waals surface area contributed by atoms with Gasteiger partial charge in [0.2, 0.25) is 5.91 Å². The smallest absolute Gasteiger partial charge is 0.237 e. The van der Waals surface area contributed by atoms with Gasteiger partial charge in [0.15, 0.2) is 0 Å². The van der Waals surface area contributed by atoms with Crippen molar-refractivity contribution in [1.29, 1.82) is 0 Å². The number of fused-ring (bicyclic) bond motifs is 1. The average molecular weight is 263 g/mol.